The van der Waals surface area contributed by atoms with Crippen LogP contribution in [0.15, 0.2) is 30.3 Å². The van der Waals surface area contributed by atoms with E-state index in [2.05, 4.69) is 0 Å². The van der Waals surface area contributed by atoms with Crippen molar-refractivity contribution in [2.75, 3.05) is 0 Å². The maximum Gasteiger partial charge on any atom is 0.402 e. The third kappa shape index (κ3) is 3.64. The zero-order valence-electron chi connectivity index (χ0n) is 7.16. The summed E-state index contributed by atoms with van der Waals surface area (Å²) in [4.78, 5) is 26.8. The van der Waals surface area contributed by atoms with Gasteiger partial charge in [0.1, 0.15) is 0 Å². The molecule has 0 aliphatic rings. The molecule has 1 rings (SSSR count). The average Bonchev–Trinajstić information content (AvgIpc) is 2.14. The van der Waals surface area contributed by atoms with E-state index in [-0.39, 0.29) is 5.75 Å². The first-order valence-corrected chi connectivity index (χ1v) is 6.37. The fraction of sp³-hybridized carbons (Fsp3) is 0.125. The van der Waals surface area contributed by atoms with Crippen molar-refractivity contribution in [3.63, 3.8) is 0 Å². The Kier molecular flexibility index (Phi) is 3.89. The molecule has 0 saturated carbocycles. The maximum absolute atomic E-state index is 10.8. The Bertz CT molecular complexity index is 359. The van der Waals surface area contributed by atoms with Gasteiger partial charge in [-0.1, -0.05) is 42.1 Å². The van der Waals surface area contributed by atoms with Crippen LogP contribution in [0.2, 0.25) is 0 Å². The van der Waals surface area contributed by atoms with E-state index in [1.54, 1.807) is 24.3 Å². The van der Waals surface area contributed by atoms with Gasteiger partial charge in [0.15, 0.2) is 0 Å². The van der Waals surface area contributed by atoms with Gasteiger partial charge < -0.3 is 9.79 Å². The number of hydrogen-bond acceptors (Lipinski definition) is 3. The average molecular weight is 232 g/mol. The van der Waals surface area contributed by atoms with Crippen LogP contribution in [-0.4, -0.2) is 14.6 Å². The second kappa shape index (κ2) is 4.75. The molecule has 0 spiro atoms. The SMILES string of the molecule is O=C(SCc1ccccc1)P(=O)(O)O. The van der Waals surface area contributed by atoms with E-state index in [1.165, 1.54) is 0 Å². The summed E-state index contributed by atoms with van der Waals surface area (Å²) in [5, 5.41) is 0. The molecule has 14 heavy (non-hydrogen) atoms. The fourth-order valence-electron chi connectivity index (χ4n) is 0.803. The van der Waals surface area contributed by atoms with Crippen LogP contribution < -0.4 is 0 Å². The quantitative estimate of drug-likeness (QED) is 0.781. The molecule has 4 nitrogen and oxygen atoms in total. The van der Waals surface area contributed by atoms with E-state index in [1.807, 2.05) is 6.07 Å². The Balaban J connectivity index is 2.51. The van der Waals surface area contributed by atoms with E-state index in [0.717, 1.165) is 5.56 Å². The lowest BCUT2D eigenvalue weighted by Crippen LogP contribution is -1.91. The zero-order valence-corrected chi connectivity index (χ0v) is 8.87. The minimum Gasteiger partial charge on any atom is -0.318 e. The highest BCUT2D eigenvalue weighted by atomic mass is 32.2. The first-order valence-electron chi connectivity index (χ1n) is 3.77. The zero-order chi connectivity index (χ0) is 10.6. The van der Waals surface area contributed by atoms with Gasteiger partial charge in [-0.05, 0) is 5.56 Å². The molecule has 0 heterocycles. The largest absolute Gasteiger partial charge is 0.402 e. The summed E-state index contributed by atoms with van der Waals surface area (Å²) in [6.07, 6.45) is 0. The summed E-state index contributed by atoms with van der Waals surface area (Å²) in [7, 11) is -4.57. The van der Waals surface area contributed by atoms with Crippen molar-refractivity contribution in [2.45, 2.75) is 5.75 Å². The molecule has 0 radical (unpaired) electrons. The molecule has 0 unspecified atom stereocenters. The van der Waals surface area contributed by atoms with Crippen LogP contribution in [0.5, 0.6) is 0 Å². The summed E-state index contributed by atoms with van der Waals surface area (Å²) in [5.41, 5.74) is 0.860. The predicted molar refractivity (Wildman–Crippen MR) is 55.2 cm³/mol. The molecule has 0 saturated heterocycles. The lowest BCUT2D eigenvalue weighted by molar-refractivity contribution is 0.266. The molecule has 0 aliphatic carbocycles. The van der Waals surface area contributed by atoms with Crippen molar-refractivity contribution in [2.24, 2.45) is 0 Å². The van der Waals surface area contributed by atoms with Crippen LogP contribution in [0.4, 0.5) is 4.79 Å². The second-order valence-corrected chi connectivity index (χ2v) is 5.33. The van der Waals surface area contributed by atoms with Crippen LogP contribution in [-0.2, 0) is 10.3 Å². The summed E-state index contributed by atoms with van der Waals surface area (Å²) in [6, 6.07) is 9.02. The number of carbonyl (C=O) groups excluding carboxylic acids is 1. The van der Waals surface area contributed by atoms with Gasteiger partial charge >= 0.3 is 12.5 Å². The highest BCUT2D eigenvalue weighted by molar-refractivity contribution is 8.24. The van der Waals surface area contributed by atoms with E-state index in [0.29, 0.717) is 11.8 Å². The molecule has 0 amide bonds. The van der Waals surface area contributed by atoms with Gasteiger partial charge in [0, 0.05) is 5.75 Å². The standard InChI is InChI=1S/C8H9O4PS/c9-8(13(10,11)12)14-6-7-4-2-1-3-5-7/h1-5H,6H2,(H2,10,11,12). The van der Waals surface area contributed by atoms with Crippen molar-refractivity contribution in [1.29, 1.82) is 0 Å². The lowest BCUT2D eigenvalue weighted by Gasteiger charge is -2.01. The summed E-state index contributed by atoms with van der Waals surface area (Å²) < 4.78 is 10.5. The number of rotatable bonds is 3. The van der Waals surface area contributed by atoms with E-state index >= 15 is 0 Å². The minimum absolute atomic E-state index is 0.283. The first-order chi connectivity index (χ1) is 6.50. The molecule has 0 fully saturated rings. The Labute approximate surface area is 85.5 Å². The number of carbonyl (C=O) groups is 1. The highest BCUT2D eigenvalue weighted by Crippen LogP contribution is 2.42. The molecule has 0 atom stereocenters. The molecule has 76 valence electrons. The Hall–Kier alpha value is -0.610. The van der Waals surface area contributed by atoms with Crippen LogP contribution in [0.3, 0.4) is 0 Å². The van der Waals surface area contributed by atoms with E-state index in [9.17, 15) is 9.36 Å². The highest BCUT2D eigenvalue weighted by Gasteiger charge is 2.25. The van der Waals surface area contributed by atoms with Crippen molar-refractivity contribution < 1.29 is 19.1 Å². The molecule has 2 N–H and O–H groups in total. The van der Waals surface area contributed by atoms with Crippen molar-refractivity contribution in [3.8, 4) is 0 Å². The van der Waals surface area contributed by atoms with Gasteiger partial charge in [0.05, 0.1) is 0 Å². The third-order valence-electron chi connectivity index (χ3n) is 1.44. The van der Waals surface area contributed by atoms with Gasteiger partial charge in [-0.3, -0.25) is 9.36 Å². The monoisotopic (exact) mass is 232 g/mol. The molecule has 0 aromatic heterocycles. The van der Waals surface area contributed by atoms with E-state index < -0.39 is 12.5 Å². The molecular weight excluding hydrogens is 223 g/mol. The molecule has 1 aromatic carbocycles. The second-order valence-electron chi connectivity index (χ2n) is 2.58. The third-order valence-corrected chi connectivity index (χ3v) is 3.74. The minimum atomic E-state index is -4.57. The molecule has 1 aromatic rings. The number of benzene rings is 1. The molecule has 6 heteroatoms. The number of thioether (sulfide) groups is 1. The molecule has 0 bridgehead atoms. The maximum atomic E-state index is 10.8. The first kappa shape index (κ1) is 11.5. The molecule has 0 aliphatic heterocycles. The van der Waals surface area contributed by atoms with Gasteiger partial charge in [0.25, 0.3) is 0 Å². The summed E-state index contributed by atoms with van der Waals surface area (Å²) in [6.45, 7) is 0. The van der Waals surface area contributed by atoms with Gasteiger partial charge in [-0.25, -0.2) is 0 Å². The summed E-state index contributed by atoms with van der Waals surface area (Å²) >= 11 is 0.634. The van der Waals surface area contributed by atoms with Gasteiger partial charge in [-0.2, -0.15) is 0 Å². The van der Waals surface area contributed by atoms with Crippen molar-refractivity contribution in [3.05, 3.63) is 35.9 Å². The molecular formula is C8H9O4PS. The van der Waals surface area contributed by atoms with Crippen LogP contribution >= 0.6 is 19.4 Å². The summed E-state index contributed by atoms with van der Waals surface area (Å²) in [5.74, 6) is 0.283. The fourth-order valence-corrected chi connectivity index (χ4v) is 2.15. The van der Waals surface area contributed by atoms with Crippen molar-refractivity contribution >= 4 is 24.2 Å². The smallest absolute Gasteiger partial charge is 0.318 e. The topological polar surface area (TPSA) is 74.6 Å². The van der Waals surface area contributed by atoms with Crippen molar-refractivity contribution in [1.82, 2.24) is 0 Å². The van der Waals surface area contributed by atoms with E-state index in [4.69, 9.17) is 9.79 Å². The Morgan fingerprint density at radius 2 is 1.86 bits per heavy atom. The van der Waals surface area contributed by atoms with Crippen LogP contribution in [0.25, 0.3) is 0 Å². The Morgan fingerprint density at radius 1 is 1.29 bits per heavy atom. The van der Waals surface area contributed by atoms with Gasteiger partial charge in [0.2, 0.25) is 0 Å². The Morgan fingerprint density at radius 3 is 2.36 bits per heavy atom. The van der Waals surface area contributed by atoms with Crippen LogP contribution in [0, 0.1) is 0 Å². The lowest BCUT2D eigenvalue weighted by atomic mass is 10.2. The van der Waals surface area contributed by atoms with Gasteiger partial charge in [-0.15, -0.1) is 0 Å². The predicted octanol–water partition coefficient (Wildman–Crippen LogP) is 2.22. The van der Waals surface area contributed by atoms with Crippen LogP contribution in [0.1, 0.15) is 5.56 Å². The normalized spacial score (nSPS) is 11.3. The number of hydrogen-bond donors (Lipinski definition) is 2.